The van der Waals surface area contributed by atoms with E-state index in [1.807, 2.05) is 0 Å². The lowest BCUT2D eigenvalue weighted by molar-refractivity contribution is 0.203. The highest BCUT2D eigenvalue weighted by Crippen LogP contribution is 2.10. The van der Waals surface area contributed by atoms with Crippen LogP contribution in [0.25, 0.3) is 0 Å². The van der Waals surface area contributed by atoms with Gasteiger partial charge in [0.25, 0.3) is 0 Å². The lowest BCUT2D eigenvalue weighted by Crippen LogP contribution is -2.49. The lowest BCUT2D eigenvalue weighted by Gasteiger charge is -2.31. The number of hydrogen-bond donors (Lipinski definition) is 1. The van der Waals surface area contributed by atoms with E-state index in [1.165, 1.54) is 58.3 Å². The molecule has 0 aliphatic carbocycles. The van der Waals surface area contributed by atoms with Gasteiger partial charge in [-0.3, -0.25) is 0 Å². The van der Waals surface area contributed by atoms with E-state index in [2.05, 4.69) is 31.0 Å². The molecule has 0 radical (unpaired) electrons. The van der Waals surface area contributed by atoms with Crippen LogP contribution >= 0.6 is 0 Å². The molecule has 1 aliphatic rings. The summed E-state index contributed by atoms with van der Waals surface area (Å²) in [6, 6.07) is 0.690. The first-order valence-corrected chi connectivity index (χ1v) is 7.14. The van der Waals surface area contributed by atoms with E-state index in [0.29, 0.717) is 6.04 Å². The maximum atomic E-state index is 3.49. The van der Waals surface area contributed by atoms with Gasteiger partial charge in [0, 0.05) is 25.7 Å². The minimum atomic E-state index is 0.690. The maximum Gasteiger partial charge on any atom is 0.0167 e. The fraction of sp³-hybridized carbons (Fsp3) is 1.00. The zero-order chi connectivity index (χ0) is 11.8. The van der Waals surface area contributed by atoms with Gasteiger partial charge in [-0.1, -0.05) is 39.5 Å². The summed E-state index contributed by atoms with van der Waals surface area (Å²) in [6.45, 7) is 11.9. The summed E-state index contributed by atoms with van der Waals surface area (Å²) in [5.74, 6) is 0.883. The van der Waals surface area contributed by atoms with Gasteiger partial charge in [0.1, 0.15) is 0 Å². The lowest BCUT2D eigenvalue weighted by atomic mass is 10.0. The summed E-state index contributed by atoms with van der Waals surface area (Å²) >= 11 is 0. The number of hydrogen-bond acceptors (Lipinski definition) is 2. The minimum absolute atomic E-state index is 0.690. The van der Waals surface area contributed by atoms with Crippen LogP contribution in [0.15, 0.2) is 0 Å². The molecule has 1 N–H and O–H groups in total. The van der Waals surface area contributed by atoms with E-state index < -0.39 is 0 Å². The predicted molar refractivity (Wildman–Crippen MR) is 71.8 cm³/mol. The second kappa shape index (κ2) is 8.08. The number of piperazine rings is 1. The molecular weight excluding hydrogens is 196 g/mol. The van der Waals surface area contributed by atoms with E-state index in [-0.39, 0.29) is 0 Å². The zero-order valence-corrected chi connectivity index (χ0v) is 11.5. The van der Waals surface area contributed by atoms with Crippen molar-refractivity contribution in [1.29, 1.82) is 0 Å². The summed E-state index contributed by atoms with van der Waals surface area (Å²) in [6.07, 6.45) is 7.08. The third-order valence-corrected chi connectivity index (χ3v) is 3.46. The standard InChI is InChI=1S/C14H30N2/c1-13(2)8-6-4-5-7-10-16-11-9-15-14(3)12-16/h13-15H,4-12H2,1-3H3. The molecule has 1 aliphatic heterocycles. The van der Waals surface area contributed by atoms with Gasteiger partial charge in [-0.25, -0.2) is 0 Å². The van der Waals surface area contributed by atoms with E-state index >= 15 is 0 Å². The molecule has 1 unspecified atom stereocenters. The quantitative estimate of drug-likeness (QED) is 0.672. The molecule has 0 amide bonds. The normalized spacial score (nSPS) is 22.9. The molecule has 0 aromatic rings. The van der Waals surface area contributed by atoms with Gasteiger partial charge in [-0.15, -0.1) is 0 Å². The van der Waals surface area contributed by atoms with Crippen molar-refractivity contribution in [3.8, 4) is 0 Å². The largest absolute Gasteiger partial charge is 0.312 e. The van der Waals surface area contributed by atoms with Gasteiger partial charge >= 0.3 is 0 Å². The summed E-state index contributed by atoms with van der Waals surface area (Å²) in [5.41, 5.74) is 0. The molecule has 16 heavy (non-hydrogen) atoms. The first kappa shape index (κ1) is 14.0. The Kier molecular flexibility index (Phi) is 7.06. The Hall–Kier alpha value is -0.0800. The first-order valence-electron chi connectivity index (χ1n) is 7.14. The molecule has 2 nitrogen and oxygen atoms in total. The Morgan fingerprint density at radius 1 is 1.19 bits per heavy atom. The van der Waals surface area contributed by atoms with Crippen LogP contribution in [0.1, 0.15) is 52.9 Å². The molecule has 0 aromatic heterocycles. The van der Waals surface area contributed by atoms with Crippen molar-refractivity contribution in [3.05, 3.63) is 0 Å². The molecule has 1 fully saturated rings. The summed E-state index contributed by atoms with van der Waals surface area (Å²) in [4.78, 5) is 2.61. The van der Waals surface area contributed by atoms with Crippen LogP contribution in [-0.4, -0.2) is 37.1 Å². The van der Waals surface area contributed by atoms with Crippen LogP contribution in [-0.2, 0) is 0 Å². The molecule has 1 heterocycles. The maximum absolute atomic E-state index is 3.49. The zero-order valence-electron chi connectivity index (χ0n) is 11.5. The second-order valence-corrected chi connectivity index (χ2v) is 5.75. The summed E-state index contributed by atoms with van der Waals surface area (Å²) in [5, 5.41) is 3.49. The molecule has 0 aromatic carbocycles. The average molecular weight is 226 g/mol. The number of nitrogens with zero attached hydrogens (tertiary/aromatic N) is 1. The van der Waals surface area contributed by atoms with E-state index in [0.717, 1.165) is 5.92 Å². The molecule has 0 spiro atoms. The van der Waals surface area contributed by atoms with Crippen LogP contribution in [0.4, 0.5) is 0 Å². The number of nitrogens with one attached hydrogen (secondary N) is 1. The molecule has 0 bridgehead atoms. The highest BCUT2D eigenvalue weighted by Gasteiger charge is 2.14. The predicted octanol–water partition coefficient (Wildman–Crippen LogP) is 2.89. The Labute approximate surface area is 102 Å². The molecule has 0 saturated carbocycles. The van der Waals surface area contributed by atoms with Gasteiger partial charge < -0.3 is 10.2 Å². The number of rotatable bonds is 7. The van der Waals surface area contributed by atoms with Crippen molar-refractivity contribution >= 4 is 0 Å². The fourth-order valence-electron chi connectivity index (χ4n) is 2.46. The van der Waals surface area contributed by atoms with Gasteiger partial charge in [-0.05, 0) is 25.8 Å². The Balaban J connectivity index is 1.90. The molecule has 1 atom stereocenters. The van der Waals surface area contributed by atoms with Gasteiger partial charge in [0.2, 0.25) is 0 Å². The van der Waals surface area contributed by atoms with Crippen LogP contribution in [0.5, 0.6) is 0 Å². The van der Waals surface area contributed by atoms with Crippen molar-refractivity contribution in [2.24, 2.45) is 5.92 Å². The molecular formula is C14H30N2. The molecule has 1 saturated heterocycles. The fourth-order valence-corrected chi connectivity index (χ4v) is 2.46. The van der Waals surface area contributed by atoms with E-state index in [9.17, 15) is 0 Å². The second-order valence-electron chi connectivity index (χ2n) is 5.75. The smallest absolute Gasteiger partial charge is 0.0167 e. The number of unbranched alkanes of at least 4 members (excludes halogenated alkanes) is 3. The average Bonchev–Trinajstić information content (AvgIpc) is 2.23. The Morgan fingerprint density at radius 2 is 1.94 bits per heavy atom. The third kappa shape index (κ3) is 6.49. The van der Waals surface area contributed by atoms with Crippen molar-refractivity contribution in [2.45, 2.75) is 58.9 Å². The van der Waals surface area contributed by atoms with Crippen molar-refractivity contribution < 1.29 is 0 Å². The van der Waals surface area contributed by atoms with Gasteiger partial charge in [0.05, 0.1) is 0 Å². The van der Waals surface area contributed by atoms with Crippen molar-refractivity contribution in [3.63, 3.8) is 0 Å². The van der Waals surface area contributed by atoms with Crippen molar-refractivity contribution in [1.82, 2.24) is 10.2 Å². The molecule has 1 rings (SSSR count). The van der Waals surface area contributed by atoms with Crippen molar-refractivity contribution in [2.75, 3.05) is 26.2 Å². The highest BCUT2D eigenvalue weighted by molar-refractivity contribution is 4.74. The SMILES string of the molecule is CC(C)CCCCCCN1CCNC(C)C1. The molecule has 96 valence electrons. The van der Waals surface area contributed by atoms with Crippen LogP contribution in [0.3, 0.4) is 0 Å². The van der Waals surface area contributed by atoms with Gasteiger partial charge in [-0.2, -0.15) is 0 Å². The Morgan fingerprint density at radius 3 is 2.62 bits per heavy atom. The Bertz CT molecular complexity index is 168. The topological polar surface area (TPSA) is 15.3 Å². The highest BCUT2D eigenvalue weighted by atomic mass is 15.2. The summed E-state index contributed by atoms with van der Waals surface area (Å²) in [7, 11) is 0. The first-order chi connectivity index (χ1) is 7.68. The molecule has 2 heteroatoms. The minimum Gasteiger partial charge on any atom is -0.312 e. The summed E-state index contributed by atoms with van der Waals surface area (Å²) < 4.78 is 0. The van der Waals surface area contributed by atoms with Gasteiger partial charge in [0.15, 0.2) is 0 Å². The van der Waals surface area contributed by atoms with Crippen LogP contribution in [0.2, 0.25) is 0 Å². The monoisotopic (exact) mass is 226 g/mol. The van der Waals surface area contributed by atoms with E-state index in [4.69, 9.17) is 0 Å². The van der Waals surface area contributed by atoms with Crippen LogP contribution < -0.4 is 5.32 Å². The van der Waals surface area contributed by atoms with E-state index in [1.54, 1.807) is 0 Å². The third-order valence-electron chi connectivity index (χ3n) is 3.46. The van der Waals surface area contributed by atoms with Crippen LogP contribution in [0, 0.1) is 5.92 Å².